The van der Waals surface area contributed by atoms with E-state index in [9.17, 15) is 9.18 Å². The lowest BCUT2D eigenvalue weighted by molar-refractivity contribution is 0.0287. The molecule has 2 rings (SSSR count). The summed E-state index contributed by atoms with van der Waals surface area (Å²) in [5.74, 6) is -0.615. The third kappa shape index (κ3) is 3.51. The maximum Gasteiger partial charge on any atom is 0.251 e. The van der Waals surface area contributed by atoms with E-state index in [1.807, 2.05) is 0 Å². The van der Waals surface area contributed by atoms with Crippen molar-refractivity contribution in [3.05, 3.63) is 34.1 Å². The number of morpholine rings is 1. The van der Waals surface area contributed by atoms with E-state index in [2.05, 4.69) is 26.6 Å². The van der Waals surface area contributed by atoms with Crippen molar-refractivity contribution in [1.82, 2.24) is 10.6 Å². The lowest BCUT2D eigenvalue weighted by Crippen LogP contribution is -2.45. The second-order valence-corrected chi connectivity index (χ2v) is 4.89. The molecule has 1 atom stereocenters. The topological polar surface area (TPSA) is 50.4 Å². The molecule has 1 unspecified atom stereocenters. The van der Waals surface area contributed by atoms with E-state index in [0.717, 1.165) is 13.1 Å². The van der Waals surface area contributed by atoms with E-state index >= 15 is 0 Å². The number of hydrogen-bond acceptors (Lipinski definition) is 3. The molecule has 1 aliphatic rings. The van der Waals surface area contributed by atoms with Crippen LogP contribution in [0.4, 0.5) is 4.39 Å². The second-order valence-electron chi connectivity index (χ2n) is 4.04. The number of amides is 1. The Balaban J connectivity index is 1.88. The molecule has 1 fully saturated rings. The van der Waals surface area contributed by atoms with Gasteiger partial charge in [0.2, 0.25) is 0 Å². The van der Waals surface area contributed by atoms with Crippen molar-refractivity contribution in [3.8, 4) is 0 Å². The molecule has 0 aromatic heterocycles. The summed E-state index contributed by atoms with van der Waals surface area (Å²) in [7, 11) is 0. The van der Waals surface area contributed by atoms with Crippen LogP contribution in [0.1, 0.15) is 10.4 Å². The maximum absolute atomic E-state index is 13.0. The van der Waals surface area contributed by atoms with Gasteiger partial charge in [0.15, 0.2) is 0 Å². The van der Waals surface area contributed by atoms with Crippen LogP contribution in [0.3, 0.4) is 0 Å². The number of nitrogens with one attached hydrogen (secondary N) is 2. The van der Waals surface area contributed by atoms with E-state index in [-0.39, 0.29) is 22.3 Å². The number of carbonyl (C=O) groups is 1. The zero-order valence-corrected chi connectivity index (χ0v) is 11.3. The first-order chi connectivity index (χ1) is 8.66. The second kappa shape index (κ2) is 6.26. The van der Waals surface area contributed by atoms with Gasteiger partial charge < -0.3 is 15.4 Å². The molecule has 0 bridgehead atoms. The zero-order valence-electron chi connectivity index (χ0n) is 9.71. The van der Waals surface area contributed by atoms with Crippen molar-refractivity contribution >= 4 is 21.8 Å². The normalized spacial score (nSPS) is 19.6. The molecule has 0 saturated carbocycles. The van der Waals surface area contributed by atoms with E-state index in [1.54, 1.807) is 0 Å². The molecule has 6 heteroatoms. The molecule has 0 spiro atoms. The van der Waals surface area contributed by atoms with Gasteiger partial charge in [-0.3, -0.25) is 4.79 Å². The van der Waals surface area contributed by atoms with Crippen LogP contribution in [0.5, 0.6) is 0 Å². The fraction of sp³-hybridized carbons (Fsp3) is 0.417. The number of ether oxygens (including phenoxy) is 1. The number of halogens is 2. The van der Waals surface area contributed by atoms with Gasteiger partial charge in [-0.2, -0.15) is 0 Å². The van der Waals surface area contributed by atoms with Crippen LogP contribution in [-0.4, -0.2) is 38.3 Å². The highest BCUT2D eigenvalue weighted by atomic mass is 79.9. The third-order valence-electron chi connectivity index (χ3n) is 2.68. The molecule has 1 amide bonds. The van der Waals surface area contributed by atoms with Gasteiger partial charge in [0, 0.05) is 25.2 Å². The lowest BCUT2D eigenvalue weighted by atomic mass is 10.2. The minimum atomic E-state index is -0.383. The van der Waals surface area contributed by atoms with Crippen LogP contribution in [0.15, 0.2) is 22.7 Å². The summed E-state index contributed by atoms with van der Waals surface area (Å²) in [5, 5.41) is 5.95. The molecule has 98 valence electrons. The smallest absolute Gasteiger partial charge is 0.251 e. The summed E-state index contributed by atoms with van der Waals surface area (Å²) in [4.78, 5) is 11.8. The Morgan fingerprint density at radius 3 is 3.11 bits per heavy atom. The summed E-state index contributed by atoms with van der Waals surface area (Å²) in [6.07, 6.45) is -0.00779. The van der Waals surface area contributed by atoms with Gasteiger partial charge in [-0.25, -0.2) is 4.39 Å². The molecular formula is C12H14BrFN2O2. The largest absolute Gasteiger partial charge is 0.374 e. The van der Waals surface area contributed by atoms with Crippen LogP contribution in [0.25, 0.3) is 0 Å². The van der Waals surface area contributed by atoms with Crippen molar-refractivity contribution in [2.45, 2.75) is 6.10 Å². The predicted octanol–water partition coefficient (Wildman–Crippen LogP) is 1.31. The van der Waals surface area contributed by atoms with Crippen LogP contribution in [-0.2, 0) is 4.74 Å². The van der Waals surface area contributed by atoms with Crippen LogP contribution < -0.4 is 10.6 Å². The average molecular weight is 317 g/mol. The van der Waals surface area contributed by atoms with Crippen molar-refractivity contribution in [2.75, 3.05) is 26.2 Å². The Morgan fingerprint density at radius 2 is 2.44 bits per heavy atom. The number of benzene rings is 1. The van der Waals surface area contributed by atoms with Crippen LogP contribution >= 0.6 is 15.9 Å². The Labute approximate surface area is 113 Å². The minimum Gasteiger partial charge on any atom is -0.374 e. The molecule has 4 nitrogen and oxygen atoms in total. The number of hydrogen-bond donors (Lipinski definition) is 2. The first kappa shape index (κ1) is 13.5. The highest BCUT2D eigenvalue weighted by molar-refractivity contribution is 9.10. The molecule has 1 aromatic carbocycles. The van der Waals surface area contributed by atoms with Crippen LogP contribution in [0, 0.1) is 5.82 Å². The zero-order chi connectivity index (χ0) is 13.0. The average Bonchev–Trinajstić information content (AvgIpc) is 2.40. The van der Waals surface area contributed by atoms with E-state index in [1.165, 1.54) is 18.2 Å². The van der Waals surface area contributed by atoms with Crippen molar-refractivity contribution in [2.24, 2.45) is 0 Å². The minimum absolute atomic E-state index is 0.00779. The Hall–Kier alpha value is -0.980. The molecule has 0 aliphatic carbocycles. The summed E-state index contributed by atoms with van der Waals surface area (Å²) in [5.41, 5.74) is 0.423. The molecular weight excluding hydrogens is 303 g/mol. The Kier molecular flexibility index (Phi) is 4.68. The Morgan fingerprint density at radius 1 is 1.61 bits per heavy atom. The van der Waals surface area contributed by atoms with E-state index in [4.69, 9.17) is 4.74 Å². The fourth-order valence-corrected chi connectivity index (χ4v) is 2.08. The summed E-state index contributed by atoms with van der Waals surface area (Å²) in [6.45, 7) is 2.67. The van der Waals surface area contributed by atoms with Crippen molar-refractivity contribution in [3.63, 3.8) is 0 Å². The first-order valence-electron chi connectivity index (χ1n) is 5.72. The standard InChI is InChI=1S/C12H14BrFN2O2/c13-10-5-8(1-2-11(10)14)12(17)16-7-9-6-15-3-4-18-9/h1-2,5,9,15H,3-4,6-7H2,(H,16,17). The predicted molar refractivity (Wildman–Crippen MR) is 69.0 cm³/mol. The van der Waals surface area contributed by atoms with Gasteiger partial charge in [-0.1, -0.05) is 0 Å². The molecule has 2 N–H and O–H groups in total. The highest BCUT2D eigenvalue weighted by Gasteiger charge is 2.15. The van der Waals surface area contributed by atoms with E-state index < -0.39 is 0 Å². The molecule has 1 heterocycles. The number of rotatable bonds is 3. The summed E-state index contributed by atoms with van der Waals surface area (Å²) >= 11 is 3.05. The monoisotopic (exact) mass is 316 g/mol. The quantitative estimate of drug-likeness (QED) is 0.884. The van der Waals surface area contributed by atoms with Crippen molar-refractivity contribution in [1.29, 1.82) is 0 Å². The first-order valence-corrected chi connectivity index (χ1v) is 6.51. The third-order valence-corrected chi connectivity index (χ3v) is 3.28. The highest BCUT2D eigenvalue weighted by Crippen LogP contribution is 2.16. The molecule has 1 aromatic rings. The lowest BCUT2D eigenvalue weighted by Gasteiger charge is -2.23. The van der Waals surface area contributed by atoms with Gasteiger partial charge in [-0.15, -0.1) is 0 Å². The molecule has 18 heavy (non-hydrogen) atoms. The Bertz CT molecular complexity index is 436. The van der Waals surface area contributed by atoms with Crippen LogP contribution in [0.2, 0.25) is 0 Å². The van der Waals surface area contributed by atoms with Gasteiger partial charge in [0.05, 0.1) is 17.2 Å². The number of carbonyl (C=O) groups excluding carboxylic acids is 1. The molecule has 1 saturated heterocycles. The van der Waals surface area contributed by atoms with Gasteiger partial charge in [-0.05, 0) is 34.1 Å². The SMILES string of the molecule is O=C(NCC1CNCCO1)c1ccc(F)c(Br)c1. The molecule has 1 aliphatic heterocycles. The van der Waals surface area contributed by atoms with E-state index in [0.29, 0.717) is 18.7 Å². The molecule has 0 radical (unpaired) electrons. The summed E-state index contributed by atoms with van der Waals surface area (Å²) < 4.78 is 18.8. The fourth-order valence-electron chi connectivity index (χ4n) is 1.70. The maximum atomic E-state index is 13.0. The van der Waals surface area contributed by atoms with Gasteiger partial charge >= 0.3 is 0 Å². The van der Waals surface area contributed by atoms with Gasteiger partial charge in [0.25, 0.3) is 5.91 Å². The summed E-state index contributed by atoms with van der Waals surface area (Å²) in [6, 6.07) is 4.18. The van der Waals surface area contributed by atoms with Gasteiger partial charge in [0.1, 0.15) is 5.82 Å². The van der Waals surface area contributed by atoms with Crippen molar-refractivity contribution < 1.29 is 13.9 Å².